The van der Waals surface area contributed by atoms with Crippen molar-refractivity contribution in [3.8, 4) is 0 Å². The molecule has 2 atom stereocenters. The SMILES string of the molecule is CCCOCCCNC(=O)C1(N)CC(OCC)C1(C)C. The molecule has 0 aromatic carbocycles. The summed E-state index contributed by atoms with van der Waals surface area (Å²) >= 11 is 0. The highest BCUT2D eigenvalue weighted by atomic mass is 16.5. The molecule has 5 heteroatoms. The maximum absolute atomic E-state index is 12.3. The van der Waals surface area contributed by atoms with Gasteiger partial charge in [0.05, 0.1) is 6.10 Å². The molecule has 0 aromatic heterocycles. The van der Waals surface area contributed by atoms with Gasteiger partial charge in [0.25, 0.3) is 0 Å². The van der Waals surface area contributed by atoms with E-state index in [1.165, 1.54) is 0 Å². The molecule has 1 fully saturated rings. The van der Waals surface area contributed by atoms with Crippen molar-refractivity contribution >= 4 is 5.91 Å². The standard InChI is InChI=1S/C15H30N2O3/c1-5-9-19-10-7-8-17-13(18)15(16)11-12(20-6-2)14(15,3)4/h12H,5-11,16H2,1-4H3,(H,17,18). The van der Waals surface area contributed by atoms with Crippen LogP contribution in [0.4, 0.5) is 0 Å². The molecule has 1 aliphatic carbocycles. The van der Waals surface area contributed by atoms with Crippen LogP contribution in [0.15, 0.2) is 0 Å². The lowest BCUT2D eigenvalue weighted by atomic mass is 9.54. The summed E-state index contributed by atoms with van der Waals surface area (Å²) in [6.07, 6.45) is 2.49. The molecule has 1 saturated carbocycles. The zero-order chi connectivity index (χ0) is 15.2. The van der Waals surface area contributed by atoms with Crippen LogP contribution in [0, 0.1) is 5.41 Å². The van der Waals surface area contributed by atoms with E-state index in [1.54, 1.807) is 0 Å². The number of amides is 1. The number of nitrogens with two attached hydrogens (primary N) is 1. The maximum atomic E-state index is 12.3. The van der Waals surface area contributed by atoms with Crippen LogP contribution in [0.1, 0.15) is 47.0 Å². The normalized spacial score (nSPS) is 27.9. The van der Waals surface area contributed by atoms with Crippen LogP contribution in [0.25, 0.3) is 0 Å². The summed E-state index contributed by atoms with van der Waals surface area (Å²) in [6, 6.07) is 0. The number of carbonyl (C=O) groups excluding carboxylic acids is 1. The largest absolute Gasteiger partial charge is 0.381 e. The molecule has 2 unspecified atom stereocenters. The van der Waals surface area contributed by atoms with E-state index in [0.717, 1.165) is 19.4 Å². The zero-order valence-corrected chi connectivity index (χ0v) is 13.3. The van der Waals surface area contributed by atoms with Gasteiger partial charge in [0.1, 0.15) is 5.54 Å². The van der Waals surface area contributed by atoms with E-state index in [9.17, 15) is 4.79 Å². The van der Waals surface area contributed by atoms with Gasteiger partial charge >= 0.3 is 0 Å². The molecule has 1 amide bonds. The van der Waals surface area contributed by atoms with Crippen molar-refractivity contribution in [1.29, 1.82) is 0 Å². The van der Waals surface area contributed by atoms with Gasteiger partial charge in [0, 0.05) is 38.2 Å². The van der Waals surface area contributed by atoms with Gasteiger partial charge in [-0.1, -0.05) is 20.8 Å². The molecule has 5 nitrogen and oxygen atoms in total. The topological polar surface area (TPSA) is 73.6 Å². The van der Waals surface area contributed by atoms with Gasteiger partial charge in [-0.3, -0.25) is 4.79 Å². The molecule has 0 heterocycles. The number of hydrogen-bond acceptors (Lipinski definition) is 4. The fourth-order valence-electron chi connectivity index (χ4n) is 2.60. The highest BCUT2D eigenvalue weighted by Gasteiger charge is 2.62. The van der Waals surface area contributed by atoms with Gasteiger partial charge in [-0.2, -0.15) is 0 Å². The predicted molar refractivity (Wildman–Crippen MR) is 79.5 cm³/mol. The van der Waals surface area contributed by atoms with Crippen LogP contribution < -0.4 is 11.1 Å². The molecule has 1 aliphatic rings. The van der Waals surface area contributed by atoms with E-state index < -0.39 is 5.54 Å². The lowest BCUT2D eigenvalue weighted by molar-refractivity contribution is -0.170. The summed E-state index contributed by atoms with van der Waals surface area (Å²) in [5, 5.41) is 2.92. The van der Waals surface area contributed by atoms with E-state index in [4.69, 9.17) is 15.2 Å². The number of rotatable bonds is 9. The molecule has 0 aliphatic heterocycles. The quantitative estimate of drug-likeness (QED) is 0.629. The second kappa shape index (κ2) is 7.38. The van der Waals surface area contributed by atoms with E-state index in [-0.39, 0.29) is 17.4 Å². The van der Waals surface area contributed by atoms with Gasteiger partial charge in [-0.05, 0) is 19.8 Å². The molecule has 1 rings (SSSR count). The van der Waals surface area contributed by atoms with E-state index in [1.807, 2.05) is 20.8 Å². The molecule has 0 saturated heterocycles. The Balaban J connectivity index is 2.33. The van der Waals surface area contributed by atoms with Crippen LogP contribution in [-0.2, 0) is 14.3 Å². The Morgan fingerprint density at radius 2 is 2.05 bits per heavy atom. The van der Waals surface area contributed by atoms with Crippen LogP contribution in [0.3, 0.4) is 0 Å². The highest BCUT2D eigenvalue weighted by Crippen LogP contribution is 2.49. The minimum Gasteiger partial charge on any atom is -0.381 e. The van der Waals surface area contributed by atoms with Crippen LogP contribution >= 0.6 is 0 Å². The summed E-state index contributed by atoms with van der Waals surface area (Å²) in [7, 11) is 0. The van der Waals surface area contributed by atoms with Gasteiger partial charge in [-0.15, -0.1) is 0 Å². The number of ether oxygens (including phenoxy) is 2. The average Bonchev–Trinajstić information content (AvgIpc) is 2.41. The van der Waals surface area contributed by atoms with E-state index in [0.29, 0.717) is 26.2 Å². The first-order chi connectivity index (χ1) is 9.40. The maximum Gasteiger partial charge on any atom is 0.240 e. The van der Waals surface area contributed by atoms with Crippen molar-refractivity contribution in [2.75, 3.05) is 26.4 Å². The third-order valence-electron chi connectivity index (χ3n) is 4.33. The number of hydrogen-bond donors (Lipinski definition) is 2. The van der Waals surface area contributed by atoms with Crippen molar-refractivity contribution in [2.24, 2.45) is 11.1 Å². The van der Waals surface area contributed by atoms with Gasteiger partial charge in [0.15, 0.2) is 0 Å². The monoisotopic (exact) mass is 286 g/mol. The lowest BCUT2D eigenvalue weighted by Gasteiger charge is -2.57. The van der Waals surface area contributed by atoms with Gasteiger partial charge in [0.2, 0.25) is 5.91 Å². The smallest absolute Gasteiger partial charge is 0.240 e. The summed E-state index contributed by atoms with van der Waals surface area (Å²) in [5.41, 5.74) is 5.13. The Kier molecular flexibility index (Phi) is 6.43. The molecule has 0 radical (unpaired) electrons. The van der Waals surface area contributed by atoms with Crippen LogP contribution in [-0.4, -0.2) is 43.9 Å². The highest BCUT2D eigenvalue weighted by molar-refractivity contribution is 5.88. The summed E-state index contributed by atoms with van der Waals surface area (Å²) < 4.78 is 11.0. The van der Waals surface area contributed by atoms with Gasteiger partial charge < -0.3 is 20.5 Å². The molecule has 0 spiro atoms. The van der Waals surface area contributed by atoms with Crippen molar-refractivity contribution in [1.82, 2.24) is 5.32 Å². The lowest BCUT2D eigenvalue weighted by Crippen LogP contribution is -2.75. The summed E-state index contributed by atoms with van der Waals surface area (Å²) in [6.45, 7) is 10.8. The second-order valence-electron chi connectivity index (χ2n) is 6.06. The average molecular weight is 286 g/mol. The third kappa shape index (κ3) is 3.51. The molecule has 0 bridgehead atoms. The Hall–Kier alpha value is -0.650. The molecular formula is C15H30N2O3. The van der Waals surface area contributed by atoms with E-state index >= 15 is 0 Å². The van der Waals surface area contributed by atoms with Crippen LogP contribution in [0.5, 0.6) is 0 Å². The minimum absolute atomic E-state index is 0.0659. The zero-order valence-electron chi connectivity index (χ0n) is 13.3. The fourth-order valence-corrected chi connectivity index (χ4v) is 2.60. The van der Waals surface area contributed by atoms with Crippen molar-refractivity contribution in [3.63, 3.8) is 0 Å². The van der Waals surface area contributed by atoms with E-state index in [2.05, 4.69) is 12.2 Å². The Bertz CT molecular complexity index is 320. The first kappa shape index (κ1) is 17.4. The molecule has 0 aromatic rings. The Morgan fingerprint density at radius 3 is 2.60 bits per heavy atom. The van der Waals surface area contributed by atoms with Crippen molar-refractivity contribution < 1.29 is 14.3 Å². The number of nitrogens with one attached hydrogen (secondary N) is 1. The molecular weight excluding hydrogens is 256 g/mol. The van der Waals surface area contributed by atoms with Crippen molar-refractivity contribution in [3.05, 3.63) is 0 Å². The first-order valence-corrected chi connectivity index (χ1v) is 7.66. The Morgan fingerprint density at radius 1 is 1.35 bits per heavy atom. The van der Waals surface area contributed by atoms with Crippen molar-refractivity contribution in [2.45, 2.75) is 58.6 Å². The van der Waals surface area contributed by atoms with Crippen LogP contribution in [0.2, 0.25) is 0 Å². The third-order valence-corrected chi connectivity index (χ3v) is 4.33. The molecule has 118 valence electrons. The first-order valence-electron chi connectivity index (χ1n) is 7.66. The summed E-state index contributed by atoms with van der Waals surface area (Å²) in [4.78, 5) is 12.3. The Labute approximate surface area is 122 Å². The number of carbonyl (C=O) groups is 1. The predicted octanol–water partition coefficient (Wildman–Crippen LogP) is 1.45. The minimum atomic E-state index is -0.822. The fraction of sp³-hybridized carbons (Fsp3) is 0.933. The summed E-state index contributed by atoms with van der Waals surface area (Å²) in [5.74, 6) is -0.0751. The molecule has 20 heavy (non-hydrogen) atoms. The second-order valence-corrected chi connectivity index (χ2v) is 6.06. The van der Waals surface area contributed by atoms with Gasteiger partial charge in [-0.25, -0.2) is 0 Å². The molecule has 3 N–H and O–H groups in total.